The van der Waals surface area contributed by atoms with E-state index in [1.165, 1.54) is 10.6 Å². The van der Waals surface area contributed by atoms with Crippen LogP contribution in [0.3, 0.4) is 0 Å². The summed E-state index contributed by atoms with van der Waals surface area (Å²) in [4.78, 5) is 32.7. The zero-order valence-electron chi connectivity index (χ0n) is 15.5. The minimum atomic E-state index is -0.253. The second kappa shape index (κ2) is 6.39. The number of nitrogens with zero attached hydrogens (tertiary/aromatic N) is 2. The Balaban J connectivity index is 1.95. The Morgan fingerprint density at radius 3 is 2.52 bits per heavy atom. The summed E-state index contributed by atoms with van der Waals surface area (Å²) in [6.07, 6.45) is 0.744. The van der Waals surface area contributed by atoms with E-state index in [1.54, 1.807) is 6.07 Å². The van der Waals surface area contributed by atoms with Crippen molar-refractivity contribution in [2.24, 2.45) is 0 Å². The number of hydrogen-bond acceptors (Lipinski definition) is 3. The molecule has 3 aromatic heterocycles. The summed E-state index contributed by atoms with van der Waals surface area (Å²) in [5.41, 5.74) is 5.37. The maximum absolute atomic E-state index is 12.7. The van der Waals surface area contributed by atoms with Gasteiger partial charge >= 0.3 is 0 Å². The van der Waals surface area contributed by atoms with Crippen LogP contribution in [0.2, 0.25) is 0 Å². The summed E-state index contributed by atoms with van der Waals surface area (Å²) in [6.45, 7) is 5.85. The zero-order chi connectivity index (χ0) is 19.1. The number of rotatable bonds is 3. The molecular formula is C21H20N4O2. The molecule has 0 bridgehead atoms. The van der Waals surface area contributed by atoms with Crippen LogP contribution in [0, 0.1) is 13.8 Å². The van der Waals surface area contributed by atoms with Gasteiger partial charge in [0.25, 0.3) is 11.1 Å². The van der Waals surface area contributed by atoms with Gasteiger partial charge in [-0.15, -0.1) is 0 Å². The Morgan fingerprint density at radius 1 is 1.07 bits per heavy atom. The minimum Gasteiger partial charge on any atom is -0.325 e. The lowest BCUT2D eigenvalue weighted by molar-refractivity contribution is 0.903. The molecule has 3 heterocycles. The number of fused-ring (bicyclic) bond motifs is 1. The molecule has 0 radical (unpaired) electrons. The van der Waals surface area contributed by atoms with Crippen molar-refractivity contribution >= 4 is 5.65 Å². The van der Waals surface area contributed by atoms with Crippen LogP contribution in [-0.2, 0) is 6.42 Å². The predicted octanol–water partition coefficient (Wildman–Crippen LogP) is 3.22. The van der Waals surface area contributed by atoms with Crippen molar-refractivity contribution in [1.29, 1.82) is 0 Å². The van der Waals surface area contributed by atoms with Gasteiger partial charge < -0.3 is 4.98 Å². The molecule has 0 amide bonds. The van der Waals surface area contributed by atoms with E-state index in [9.17, 15) is 9.59 Å². The standard InChI is InChI=1S/C21H20N4O2/c1-4-16-12(2)10-15(21(27)23-16)17-11-18(26)25-20(22-17)13(3)19(24-25)14-8-6-5-7-9-14/h5-11,24H,4H2,1-3H3,(H,23,27). The maximum atomic E-state index is 12.7. The van der Waals surface area contributed by atoms with Crippen molar-refractivity contribution in [1.82, 2.24) is 19.6 Å². The van der Waals surface area contributed by atoms with E-state index in [0.717, 1.165) is 34.5 Å². The van der Waals surface area contributed by atoms with Gasteiger partial charge in [0.2, 0.25) is 0 Å². The molecule has 0 spiro atoms. The molecule has 0 saturated heterocycles. The highest BCUT2D eigenvalue weighted by molar-refractivity contribution is 5.72. The highest BCUT2D eigenvalue weighted by Crippen LogP contribution is 2.24. The van der Waals surface area contributed by atoms with Gasteiger partial charge in [-0.25, -0.2) is 9.50 Å². The molecule has 0 saturated carbocycles. The number of H-pyrrole nitrogens is 2. The molecule has 0 aliphatic rings. The quantitative estimate of drug-likeness (QED) is 0.588. The van der Waals surface area contributed by atoms with Crippen LogP contribution in [0.25, 0.3) is 28.2 Å². The molecule has 0 aliphatic heterocycles. The molecule has 0 fully saturated rings. The van der Waals surface area contributed by atoms with Gasteiger partial charge in [-0.1, -0.05) is 37.3 Å². The van der Waals surface area contributed by atoms with Gasteiger partial charge in [-0.05, 0) is 37.5 Å². The smallest absolute Gasteiger partial charge is 0.273 e. The van der Waals surface area contributed by atoms with Gasteiger partial charge in [0, 0.05) is 17.3 Å². The molecule has 1 aromatic carbocycles. The average Bonchev–Trinajstić information content (AvgIpc) is 3.01. The van der Waals surface area contributed by atoms with Gasteiger partial charge in [-0.3, -0.25) is 14.7 Å². The van der Waals surface area contributed by atoms with E-state index in [-0.39, 0.29) is 11.1 Å². The molecule has 4 rings (SSSR count). The molecule has 2 N–H and O–H groups in total. The molecule has 6 heteroatoms. The highest BCUT2D eigenvalue weighted by Gasteiger charge is 2.16. The predicted molar refractivity (Wildman–Crippen MR) is 106 cm³/mol. The first kappa shape index (κ1) is 17.0. The Hall–Kier alpha value is -3.41. The number of aryl methyl sites for hydroxylation is 3. The lowest BCUT2D eigenvalue weighted by Crippen LogP contribution is -2.18. The third-order valence-electron chi connectivity index (χ3n) is 4.89. The first-order chi connectivity index (χ1) is 13.0. The minimum absolute atomic E-state index is 0.231. The number of hydrogen-bond donors (Lipinski definition) is 2. The first-order valence-electron chi connectivity index (χ1n) is 8.90. The van der Waals surface area contributed by atoms with Crippen molar-refractivity contribution < 1.29 is 0 Å². The number of aromatic nitrogens is 4. The number of nitrogens with one attached hydrogen (secondary N) is 2. The number of aromatic amines is 2. The van der Waals surface area contributed by atoms with Crippen LogP contribution in [0.5, 0.6) is 0 Å². The van der Waals surface area contributed by atoms with E-state index >= 15 is 0 Å². The second-order valence-corrected chi connectivity index (χ2v) is 6.64. The largest absolute Gasteiger partial charge is 0.325 e. The SMILES string of the molecule is CCc1[nH]c(=O)c(-c2cc(=O)n3[nH]c(-c4ccccc4)c(C)c3n2)cc1C. The van der Waals surface area contributed by atoms with Crippen LogP contribution in [0.15, 0.2) is 52.1 Å². The zero-order valence-corrected chi connectivity index (χ0v) is 15.5. The average molecular weight is 360 g/mol. The molecule has 0 atom stereocenters. The Kier molecular flexibility index (Phi) is 4.03. The van der Waals surface area contributed by atoms with Crippen LogP contribution in [0.1, 0.15) is 23.7 Å². The molecule has 0 aliphatic carbocycles. The molecule has 27 heavy (non-hydrogen) atoms. The van der Waals surface area contributed by atoms with Gasteiger partial charge in [0.15, 0.2) is 5.65 Å². The molecule has 136 valence electrons. The lowest BCUT2D eigenvalue weighted by Gasteiger charge is -2.06. The van der Waals surface area contributed by atoms with Crippen LogP contribution in [-0.4, -0.2) is 19.6 Å². The first-order valence-corrected chi connectivity index (χ1v) is 8.90. The van der Waals surface area contributed by atoms with Crippen LogP contribution < -0.4 is 11.1 Å². The van der Waals surface area contributed by atoms with Crippen LogP contribution in [0.4, 0.5) is 0 Å². The third kappa shape index (κ3) is 2.79. The normalized spacial score (nSPS) is 11.2. The summed E-state index contributed by atoms with van der Waals surface area (Å²) in [6, 6.07) is 13.0. The number of pyridine rings is 1. The fourth-order valence-corrected chi connectivity index (χ4v) is 3.40. The van der Waals surface area contributed by atoms with E-state index < -0.39 is 0 Å². The van der Waals surface area contributed by atoms with E-state index in [4.69, 9.17) is 0 Å². The molecule has 4 aromatic rings. The van der Waals surface area contributed by atoms with Crippen molar-refractivity contribution in [2.45, 2.75) is 27.2 Å². The summed E-state index contributed by atoms with van der Waals surface area (Å²) in [5, 5.41) is 3.13. The Bertz CT molecular complexity index is 1260. The highest BCUT2D eigenvalue weighted by atomic mass is 16.1. The van der Waals surface area contributed by atoms with Gasteiger partial charge in [-0.2, -0.15) is 0 Å². The monoisotopic (exact) mass is 360 g/mol. The topological polar surface area (TPSA) is 83.0 Å². The molecule has 6 nitrogen and oxygen atoms in total. The van der Waals surface area contributed by atoms with Crippen molar-refractivity contribution in [3.63, 3.8) is 0 Å². The van der Waals surface area contributed by atoms with Crippen molar-refractivity contribution in [2.75, 3.05) is 0 Å². The summed E-state index contributed by atoms with van der Waals surface area (Å²) in [5.74, 6) is 0. The van der Waals surface area contributed by atoms with E-state index in [1.807, 2.05) is 51.1 Å². The summed E-state index contributed by atoms with van der Waals surface area (Å²) >= 11 is 0. The van der Waals surface area contributed by atoms with Crippen molar-refractivity contribution in [3.05, 3.63) is 80.0 Å². The summed E-state index contributed by atoms with van der Waals surface area (Å²) < 4.78 is 1.42. The Labute approximate surface area is 155 Å². The fraction of sp³-hybridized carbons (Fsp3) is 0.190. The van der Waals surface area contributed by atoms with E-state index in [2.05, 4.69) is 15.1 Å². The van der Waals surface area contributed by atoms with Crippen LogP contribution >= 0.6 is 0 Å². The number of benzene rings is 1. The maximum Gasteiger partial charge on any atom is 0.273 e. The molecular weight excluding hydrogens is 340 g/mol. The molecule has 0 unspecified atom stereocenters. The van der Waals surface area contributed by atoms with Crippen molar-refractivity contribution in [3.8, 4) is 22.5 Å². The van der Waals surface area contributed by atoms with Gasteiger partial charge in [0.1, 0.15) is 0 Å². The second-order valence-electron chi connectivity index (χ2n) is 6.64. The van der Waals surface area contributed by atoms with E-state index in [0.29, 0.717) is 16.9 Å². The third-order valence-corrected chi connectivity index (χ3v) is 4.89. The van der Waals surface area contributed by atoms with Gasteiger partial charge in [0.05, 0.1) is 17.0 Å². The Morgan fingerprint density at radius 2 is 1.81 bits per heavy atom. The fourth-order valence-electron chi connectivity index (χ4n) is 3.40. The lowest BCUT2D eigenvalue weighted by atomic mass is 10.1. The summed E-state index contributed by atoms with van der Waals surface area (Å²) in [7, 11) is 0.